The summed E-state index contributed by atoms with van der Waals surface area (Å²) < 4.78 is 9.13. The van der Waals surface area contributed by atoms with Gasteiger partial charge in [0.15, 0.2) is 5.78 Å². The van der Waals surface area contributed by atoms with Crippen LogP contribution in [0.5, 0.6) is 0 Å². The number of carbonyl (C=O) groups is 5. The normalized spacial score (nSPS) is 27.3. The Kier molecular flexibility index (Phi) is 5.71. The van der Waals surface area contributed by atoms with Crippen LogP contribution in [0.1, 0.15) is 32.1 Å². The van der Waals surface area contributed by atoms with Gasteiger partial charge in [0.25, 0.3) is 0 Å². The Hall–Kier alpha value is -2.51. The van der Waals surface area contributed by atoms with E-state index >= 15 is 0 Å². The number of ketones is 3. The third-order valence-electron chi connectivity index (χ3n) is 4.71. The van der Waals surface area contributed by atoms with Gasteiger partial charge in [0.2, 0.25) is 0 Å². The zero-order chi connectivity index (χ0) is 18.7. The molecule has 2 aliphatic rings. The first kappa shape index (κ1) is 18.8. The van der Waals surface area contributed by atoms with Crippen molar-refractivity contribution < 1.29 is 38.6 Å². The van der Waals surface area contributed by atoms with Crippen LogP contribution in [0.4, 0.5) is 0 Å². The van der Waals surface area contributed by atoms with Gasteiger partial charge in [-0.25, -0.2) is 0 Å². The van der Waals surface area contributed by atoms with E-state index < -0.39 is 47.0 Å². The molecule has 0 aromatic carbocycles. The number of rotatable bonds is 4. The monoisotopic (exact) mass is 352 g/mol. The van der Waals surface area contributed by atoms with E-state index in [0.717, 1.165) is 0 Å². The van der Waals surface area contributed by atoms with Crippen LogP contribution in [0.3, 0.4) is 0 Å². The molecule has 2 rings (SSSR count). The second-order valence-corrected chi connectivity index (χ2v) is 6.29. The van der Waals surface area contributed by atoms with Crippen LogP contribution in [0.15, 0.2) is 11.3 Å². The van der Waals surface area contributed by atoms with E-state index in [1.165, 1.54) is 14.2 Å². The fourth-order valence-corrected chi connectivity index (χ4v) is 3.29. The molecule has 0 radical (unpaired) electrons. The van der Waals surface area contributed by atoms with Gasteiger partial charge < -0.3 is 14.6 Å². The van der Waals surface area contributed by atoms with Crippen LogP contribution in [0.25, 0.3) is 0 Å². The number of aliphatic hydroxyl groups is 1. The van der Waals surface area contributed by atoms with Crippen LogP contribution in [-0.4, -0.2) is 48.6 Å². The number of hydrogen-bond donors (Lipinski definition) is 1. The number of methoxy groups -OCH3 is 2. The summed E-state index contributed by atoms with van der Waals surface area (Å²) in [6.07, 6.45) is -0.657. The topological polar surface area (TPSA) is 124 Å². The molecule has 8 heteroatoms. The van der Waals surface area contributed by atoms with Gasteiger partial charge in [-0.05, 0) is 6.42 Å². The van der Waals surface area contributed by atoms with Crippen molar-refractivity contribution in [1.82, 2.24) is 0 Å². The molecule has 0 aromatic heterocycles. The zero-order valence-electron chi connectivity index (χ0n) is 14.1. The molecule has 136 valence electrons. The molecule has 0 heterocycles. The van der Waals surface area contributed by atoms with Crippen molar-refractivity contribution >= 4 is 29.3 Å². The van der Waals surface area contributed by atoms with Crippen molar-refractivity contribution in [3.8, 4) is 0 Å². The molecule has 0 aromatic rings. The Balaban J connectivity index is 2.12. The lowest BCUT2D eigenvalue weighted by atomic mass is 9.75. The van der Waals surface area contributed by atoms with Crippen LogP contribution >= 0.6 is 0 Å². The average molecular weight is 352 g/mol. The van der Waals surface area contributed by atoms with Gasteiger partial charge in [-0.15, -0.1) is 0 Å². The highest BCUT2D eigenvalue weighted by Crippen LogP contribution is 2.34. The molecule has 1 N–H and O–H groups in total. The molecule has 25 heavy (non-hydrogen) atoms. The predicted octanol–water partition coefficient (Wildman–Crippen LogP) is 0.678. The summed E-state index contributed by atoms with van der Waals surface area (Å²) in [5, 5.41) is 10.1. The number of allylic oxidation sites excluding steroid dienone is 2. The minimum atomic E-state index is -1.06. The minimum Gasteiger partial charge on any atom is -0.512 e. The van der Waals surface area contributed by atoms with E-state index in [1.54, 1.807) is 0 Å². The van der Waals surface area contributed by atoms with Crippen molar-refractivity contribution in [2.24, 2.45) is 17.8 Å². The van der Waals surface area contributed by atoms with Crippen LogP contribution in [0.2, 0.25) is 0 Å². The summed E-state index contributed by atoms with van der Waals surface area (Å²) in [6.45, 7) is 0. The molecule has 8 nitrogen and oxygen atoms in total. The van der Waals surface area contributed by atoms with Crippen molar-refractivity contribution in [3.05, 3.63) is 11.3 Å². The SMILES string of the molecule is COC(=O)C1CC(=O)C(CC2=C(O)CC(C(=O)OC)CC2=O)C(=O)C1. The quantitative estimate of drug-likeness (QED) is 0.578. The number of aliphatic hydroxyl groups excluding tert-OH is 1. The third kappa shape index (κ3) is 3.94. The smallest absolute Gasteiger partial charge is 0.309 e. The molecular formula is C17H20O8. The summed E-state index contributed by atoms with van der Waals surface area (Å²) in [7, 11) is 2.38. The van der Waals surface area contributed by atoms with Gasteiger partial charge in [0.1, 0.15) is 11.6 Å². The number of Topliss-reactive ketones (excluding diaryl/α,β-unsaturated/α-hetero) is 3. The van der Waals surface area contributed by atoms with E-state index in [4.69, 9.17) is 0 Å². The van der Waals surface area contributed by atoms with Crippen molar-refractivity contribution in [2.45, 2.75) is 32.1 Å². The summed E-state index contributed by atoms with van der Waals surface area (Å²) in [5.41, 5.74) is 0.00312. The molecule has 0 saturated heterocycles. The van der Waals surface area contributed by atoms with Gasteiger partial charge in [-0.1, -0.05) is 0 Å². The van der Waals surface area contributed by atoms with Crippen LogP contribution < -0.4 is 0 Å². The Morgan fingerprint density at radius 1 is 0.920 bits per heavy atom. The highest BCUT2D eigenvalue weighted by molar-refractivity contribution is 6.09. The first-order chi connectivity index (χ1) is 11.8. The molecule has 0 aliphatic heterocycles. The number of hydrogen-bond acceptors (Lipinski definition) is 8. The summed E-state index contributed by atoms with van der Waals surface area (Å²) in [4.78, 5) is 59.7. The molecule has 2 aliphatic carbocycles. The van der Waals surface area contributed by atoms with Crippen LogP contribution in [-0.2, 0) is 33.4 Å². The average Bonchev–Trinajstić information content (AvgIpc) is 2.57. The maximum Gasteiger partial charge on any atom is 0.309 e. The molecule has 1 atom stereocenters. The summed E-state index contributed by atoms with van der Waals surface area (Å²) in [6, 6.07) is 0. The highest BCUT2D eigenvalue weighted by atomic mass is 16.5. The first-order valence-electron chi connectivity index (χ1n) is 7.93. The van der Waals surface area contributed by atoms with E-state index in [9.17, 15) is 29.1 Å². The number of esters is 2. The standard InChI is InChI=1S/C17H20O8/c1-24-16(22)8-3-12(18)10(13(19)4-8)7-11-14(20)5-9(6-15(11)21)17(23)25-2/h8-10,20H,3-7H2,1-2H3. The van der Waals surface area contributed by atoms with Gasteiger partial charge in [-0.3, -0.25) is 24.0 Å². The lowest BCUT2D eigenvalue weighted by Crippen LogP contribution is -2.38. The second kappa shape index (κ2) is 7.58. The predicted molar refractivity (Wildman–Crippen MR) is 82.3 cm³/mol. The minimum absolute atomic E-state index is 0.00312. The number of carbonyl (C=O) groups excluding carboxylic acids is 5. The van der Waals surface area contributed by atoms with Crippen molar-refractivity contribution in [1.29, 1.82) is 0 Å². The first-order valence-corrected chi connectivity index (χ1v) is 7.93. The van der Waals surface area contributed by atoms with E-state index in [-0.39, 0.29) is 43.4 Å². The number of ether oxygens (including phenoxy) is 2. The van der Waals surface area contributed by atoms with Gasteiger partial charge >= 0.3 is 11.9 Å². The Labute approximate surface area is 144 Å². The molecule has 0 amide bonds. The van der Waals surface area contributed by atoms with Crippen molar-refractivity contribution in [2.75, 3.05) is 14.2 Å². The van der Waals surface area contributed by atoms with E-state index in [2.05, 4.69) is 9.47 Å². The zero-order valence-corrected chi connectivity index (χ0v) is 14.1. The maximum atomic E-state index is 12.2. The molecule has 0 spiro atoms. The summed E-state index contributed by atoms with van der Waals surface area (Å²) in [5.74, 6) is -5.49. The lowest BCUT2D eigenvalue weighted by molar-refractivity contribution is -0.153. The third-order valence-corrected chi connectivity index (χ3v) is 4.71. The second-order valence-electron chi connectivity index (χ2n) is 6.29. The van der Waals surface area contributed by atoms with E-state index in [0.29, 0.717) is 0 Å². The highest BCUT2D eigenvalue weighted by Gasteiger charge is 2.41. The largest absolute Gasteiger partial charge is 0.512 e. The van der Waals surface area contributed by atoms with Gasteiger partial charge in [0, 0.05) is 31.3 Å². The fourth-order valence-electron chi connectivity index (χ4n) is 3.29. The van der Waals surface area contributed by atoms with Gasteiger partial charge in [0.05, 0.1) is 37.7 Å². The molecule has 1 unspecified atom stereocenters. The lowest BCUT2D eigenvalue weighted by Gasteiger charge is -2.27. The molecule has 0 bridgehead atoms. The Morgan fingerprint density at radius 3 is 1.84 bits per heavy atom. The van der Waals surface area contributed by atoms with E-state index in [1.807, 2.05) is 0 Å². The van der Waals surface area contributed by atoms with Crippen LogP contribution in [0, 0.1) is 17.8 Å². The Morgan fingerprint density at radius 2 is 1.40 bits per heavy atom. The molecule has 1 fully saturated rings. The molecular weight excluding hydrogens is 332 g/mol. The van der Waals surface area contributed by atoms with Crippen molar-refractivity contribution in [3.63, 3.8) is 0 Å². The van der Waals surface area contributed by atoms with Gasteiger partial charge in [-0.2, -0.15) is 0 Å². The maximum absolute atomic E-state index is 12.2. The fraction of sp³-hybridized carbons (Fsp3) is 0.588. The molecule has 1 saturated carbocycles. The summed E-state index contributed by atoms with van der Waals surface area (Å²) >= 11 is 0. The Bertz CT molecular complexity index is 642.